The third-order valence-electron chi connectivity index (χ3n) is 15.8. The number of fused-ring (bicyclic) bond motifs is 14. The van der Waals surface area contributed by atoms with Gasteiger partial charge in [-0.2, -0.15) is 0 Å². The number of para-hydroxylation sites is 1. The fourth-order valence-corrected chi connectivity index (χ4v) is 12.6. The van der Waals surface area contributed by atoms with Crippen molar-refractivity contribution in [1.29, 1.82) is 0 Å². The number of anilines is 3. The average Bonchev–Trinajstić information content (AvgIpc) is 4.16. The van der Waals surface area contributed by atoms with Crippen molar-refractivity contribution in [3.8, 4) is 61.3 Å². The van der Waals surface area contributed by atoms with Crippen LogP contribution in [0.25, 0.3) is 93.9 Å². The van der Waals surface area contributed by atoms with Crippen molar-refractivity contribution in [1.82, 2.24) is 4.57 Å². The van der Waals surface area contributed by atoms with Crippen molar-refractivity contribution < 1.29 is 0 Å². The Hall–Kier alpha value is -9.50. The summed E-state index contributed by atoms with van der Waals surface area (Å²) in [5.74, 6) is 0. The maximum atomic E-state index is 2.48. The fraction of sp³-hybridized carbons (Fsp3) is 0.0141. The molecule has 340 valence electrons. The van der Waals surface area contributed by atoms with Crippen molar-refractivity contribution in [3.05, 3.63) is 301 Å². The van der Waals surface area contributed by atoms with Crippen LogP contribution in [0.15, 0.2) is 279 Å². The van der Waals surface area contributed by atoms with Crippen LogP contribution in [0.1, 0.15) is 22.3 Å². The molecule has 0 bridgehead atoms. The lowest BCUT2D eigenvalue weighted by Crippen LogP contribution is -2.26. The molecule has 1 spiro atoms. The predicted octanol–water partition coefficient (Wildman–Crippen LogP) is 18.8. The van der Waals surface area contributed by atoms with E-state index in [2.05, 4.69) is 289 Å². The maximum Gasteiger partial charge on any atom is 0.0726 e. The predicted molar refractivity (Wildman–Crippen MR) is 306 cm³/mol. The lowest BCUT2D eigenvalue weighted by atomic mass is 9.70. The van der Waals surface area contributed by atoms with Crippen molar-refractivity contribution >= 4 is 49.6 Å². The summed E-state index contributed by atoms with van der Waals surface area (Å²) < 4.78 is 2.43. The van der Waals surface area contributed by atoms with Crippen LogP contribution in [0.5, 0.6) is 0 Å². The summed E-state index contributed by atoms with van der Waals surface area (Å²) in [7, 11) is 0. The van der Waals surface area contributed by atoms with Crippen LogP contribution in [0.3, 0.4) is 0 Å². The molecule has 2 aliphatic carbocycles. The Balaban J connectivity index is 0.868. The van der Waals surface area contributed by atoms with Gasteiger partial charge in [0.15, 0.2) is 0 Å². The lowest BCUT2D eigenvalue weighted by molar-refractivity contribution is 0.793. The molecule has 0 saturated heterocycles. The number of aromatic nitrogens is 1. The van der Waals surface area contributed by atoms with E-state index in [9.17, 15) is 0 Å². The highest BCUT2D eigenvalue weighted by Crippen LogP contribution is 2.63. The molecule has 0 N–H and O–H groups in total. The topological polar surface area (TPSA) is 8.17 Å². The summed E-state index contributed by atoms with van der Waals surface area (Å²) in [5.41, 5.74) is 24.1. The van der Waals surface area contributed by atoms with E-state index in [1.54, 1.807) is 0 Å². The minimum absolute atomic E-state index is 0.446. The zero-order valence-corrected chi connectivity index (χ0v) is 40.0. The minimum Gasteiger partial charge on any atom is -0.310 e. The van der Waals surface area contributed by atoms with Crippen LogP contribution < -0.4 is 4.90 Å². The standard InChI is InChI=1S/C71H46N2/c1-2-16-47(17-3-1)49-30-36-53(37-31-49)72(56-41-43-62-61-24-10-14-28-67(61)71(68(62)46-56)65-26-12-8-22-59(65)60-23-9-13-27-66(60)71)54-38-33-50(34-39-54)57-20-6-7-21-58(57)52-35-42-64-63-25-11-15-29-69(63)73(70(64)45-52)55-40-32-48-18-4-5-19-51(48)44-55/h1-46H. The minimum atomic E-state index is -0.446. The molecule has 2 nitrogen and oxygen atoms in total. The van der Waals surface area contributed by atoms with Crippen LogP contribution in [-0.2, 0) is 5.41 Å². The molecular weight excluding hydrogens is 881 g/mol. The maximum absolute atomic E-state index is 2.48. The van der Waals surface area contributed by atoms with Gasteiger partial charge in [-0.25, -0.2) is 0 Å². The molecule has 0 radical (unpaired) electrons. The number of rotatable bonds is 7. The van der Waals surface area contributed by atoms with Crippen molar-refractivity contribution in [3.63, 3.8) is 0 Å². The van der Waals surface area contributed by atoms with E-state index in [1.807, 2.05) is 0 Å². The molecule has 0 unspecified atom stereocenters. The Morgan fingerprint density at radius 1 is 0.260 bits per heavy atom. The Morgan fingerprint density at radius 3 is 1.41 bits per heavy atom. The van der Waals surface area contributed by atoms with Gasteiger partial charge in [0.2, 0.25) is 0 Å². The van der Waals surface area contributed by atoms with Crippen LogP contribution in [-0.4, -0.2) is 4.57 Å². The summed E-state index contributed by atoms with van der Waals surface area (Å²) in [6.07, 6.45) is 0. The van der Waals surface area contributed by atoms with Crippen LogP contribution in [0, 0.1) is 0 Å². The highest BCUT2D eigenvalue weighted by molar-refractivity contribution is 6.11. The number of nitrogens with zero attached hydrogens (tertiary/aromatic N) is 2. The molecule has 12 aromatic carbocycles. The zero-order valence-electron chi connectivity index (χ0n) is 40.0. The summed E-state index contributed by atoms with van der Waals surface area (Å²) >= 11 is 0. The smallest absolute Gasteiger partial charge is 0.0726 e. The first-order valence-electron chi connectivity index (χ1n) is 25.3. The second-order valence-corrected chi connectivity index (χ2v) is 19.6. The van der Waals surface area contributed by atoms with E-state index < -0.39 is 5.41 Å². The molecule has 0 saturated carbocycles. The normalized spacial score (nSPS) is 12.8. The molecule has 1 aromatic heterocycles. The molecule has 2 aliphatic rings. The van der Waals surface area contributed by atoms with Crippen molar-refractivity contribution in [2.45, 2.75) is 5.41 Å². The zero-order chi connectivity index (χ0) is 48.0. The Kier molecular flexibility index (Phi) is 9.21. The monoisotopic (exact) mass is 926 g/mol. The van der Waals surface area contributed by atoms with Crippen LogP contribution in [0.2, 0.25) is 0 Å². The largest absolute Gasteiger partial charge is 0.310 e. The van der Waals surface area contributed by atoms with Gasteiger partial charge in [0, 0.05) is 33.5 Å². The van der Waals surface area contributed by atoms with Crippen molar-refractivity contribution in [2.75, 3.05) is 4.90 Å². The summed E-state index contributed by atoms with van der Waals surface area (Å²) in [5, 5.41) is 4.97. The van der Waals surface area contributed by atoms with Gasteiger partial charge in [0.05, 0.1) is 16.4 Å². The van der Waals surface area contributed by atoms with Crippen LogP contribution in [0.4, 0.5) is 17.1 Å². The number of hydrogen-bond acceptors (Lipinski definition) is 1. The SMILES string of the molecule is c1ccc(-c2ccc(N(c3ccc(-c4ccccc4-c4ccc5c6ccccc6n(-c6ccc7ccccc7c6)c5c4)cc3)c3ccc4c(c3)C3(c5ccccc5-c5ccccc53)c3ccccc3-4)cc2)cc1. The lowest BCUT2D eigenvalue weighted by Gasteiger charge is -2.32. The van der Waals surface area contributed by atoms with E-state index in [0.29, 0.717) is 0 Å². The van der Waals surface area contributed by atoms with E-state index in [1.165, 1.54) is 105 Å². The van der Waals surface area contributed by atoms with Gasteiger partial charge in [-0.15, -0.1) is 0 Å². The molecule has 13 aromatic rings. The third-order valence-corrected chi connectivity index (χ3v) is 15.8. The highest BCUT2D eigenvalue weighted by atomic mass is 15.1. The molecule has 2 heteroatoms. The van der Waals surface area contributed by atoms with E-state index in [-0.39, 0.29) is 0 Å². The van der Waals surface area contributed by atoms with Gasteiger partial charge in [-0.05, 0) is 149 Å². The first-order chi connectivity index (χ1) is 36.2. The summed E-state index contributed by atoms with van der Waals surface area (Å²) in [6.45, 7) is 0. The first kappa shape index (κ1) is 41.3. The summed E-state index contributed by atoms with van der Waals surface area (Å²) in [4.78, 5) is 2.44. The summed E-state index contributed by atoms with van der Waals surface area (Å²) in [6, 6.07) is 103. The van der Waals surface area contributed by atoms with Gasteiger partial charge in [-0.1, -0.05) is 218 Å². The van der Waals surface area contributed by atoms with Crippen molar-refractivity contribution in [2.24, 2.45) is 0 Å². The quantitative estimate of drug-likeness (QED) is 0.155. The van der Waals surface area contributed by atoms with E-state index in [4.69, 9.17) is 0 Å². The molecule has 73 heavy (non-hydrogen) atoms. The van der Waals surface area contributed by atoms with Gasteiger partial charge in [0.25, 0.3) is 0 Å². The Labute approximate surface area is 425 Å². The van der Waals surface area contributed by atoms with Crippen LogP contribution >= 0.6 is 0 Å². The Bertz CT molecular complexity index is 4250. The fourth-order valence-electron chi connectivity index (χ4n) is 12.6. The second kappa shape index (κ2) is 16.3. The van der Waals surface area contributed by atoms with Gasteiger partial charge >= 0.3 is 0 Å². The Morgan fingerprint density at radius 2 is 0.740 bits per heavy atom. The third kappa shape index (κ3) is 6.24. The van der Waals surface area contributed by atoms with Gasteiger partial charge in [-0.3, -0.25) is 0 Å². The molecule has 0 amide bonds. The highest BCUT2D eigenvalue weighted by Gasteiger charge is 2.51. The average molecular weight is 927 g/mol. The number of hydrogen-bond donors (Lipinski definition) is 0. The molecule has 0 aliphatic heterocycles. The molecular formula is C71H46N2. The molecule has 1 heterocycles. The second-order valence-electron chi connectivity index (χ2n) is 19.6. The van der Waals surface area contributed by atoms with E-state index in [0.717, 1.165) is 28.3 Å². The molecule has 0 fully saturated rings. The molecule has 0 atom stereocenters. The first-order valence-corrected chi connectivity index (χ1v) is 25.3. The number of benzene rings is 12. The van der Waals surface area contributed by atoms with Gasteiger partial charge in [0.1, 0.15) is 0 Å². The van der Waals surface area contributed by atoms with Gasteiger partial charge < -0.3 is 9.47 Å². The van der Waals surface area contributed by atoms with E-state index >= 15 is 0 Å². The molecule has 15 rings (SSSR count).